The van der Waals surface area contributed by atoms with Gasteiger partial charge in [-0.15, -0.1) is 10.2 Å². The van der Waals surface area contributed by atoms with E-state index in [2.05, 4.69) is 21.6 Å². The number of anilines is 2. The number of carbonyl (C=O) groups excluding carboxylic acids is 2. The molecule has 0 spiro atoms. The van der Waals surface area contributed by atoms with Gasteiger partial charge in [0.2, 0.25) is 11.0 Å². The number of allylic oxidation sites excluding steroid dienone is 3. The highest BCUT2D eigenvalue weighted by Gasteiger charge is 2.41. The summed E-state index contributed by atoms with van der Waals surface area (Å²) in [5, 5.41) is 22.5. The summed E-state index contributed by atoms with van der Waals surface area (Å²) in [6.45, 7) is 1.98. The molecule has 2 aliphatic rings. The first-order chi connectivity index (χ1) is 18.4. The van der Waals surface area contributed by atoms with Crippen LogP contribution in [0, 0.1) is 18.3 Å². The lowest BCUT2D eigenvalue weighted by Crippen LogP contribution is -2.38. The van der Waals surface area contributed by atoms with Crippen LogP contribution in [0.5, 0.6) is 0 Å². The number of nitrogens with two attached hydrogens (primary N) is 1. The van der Waals surface area contributed by atoms with Gasteiger partial charge in [-0.25, -0.2) is 0 Å². The summed E-state index contributed by atoms with van der Waals surface area (Å²) in [6.07, 6.45) is 1.74. The van der Waals surface area contributed by atoms with Crippen LogP contribution in [0.2, 0.25) is 5.02 Å². The van der Waals surface area contributed by atoms with Crippen molar-refractivity contribution in [2.24, 2.45) is 5.73 Å². The minimum Gasteiger partial charge on any atom is -0.384 e. The second-order valence-electron chi connectivity index (χ2n) is 8.93. The number of thioether (sulfide) groups is 1. The summed E-state index contributed by atoms with van der Waals surface area (Å²) in [6, 6.07) is 17.0. The zero-order valence-electron chi connectivity index (χ0n) is 20.4. The molecule has 3 N–H and O–H groups in total. The molecule has 0 saturated heterocycles. The number of hydrogen-bond donors (Lipinski definition) is 2. The van der Waals surface area contributed by atoms with Gasteiger partial charge in [-0.2, -0.15) is 5.26 Å². The van der Waals surface area contributed by atoms with Gasteiger partial charge in [-0.3, -0.25) is 14.5 Å². The highest BCUT2D eigenvalue weighted by molar-refractivity contribution is 8.01. The highest BCUT2D eigenvalue weighted by Crippen LogP contribution is 2.47. The lowest BCUT2D eigenvalue weighted by molar-refractivity contribution is -0.116. The van der Waals surface area contributed by atoms with Crippen molar-refractivity contribution in [1.82, 2.24) is 10.2 Å². The third-order valence-electron chi connectivity index (χ3n) is 6.31. The van der Waals surface area contributed by atoms with E-state index in [0.717, 1.165) is 16.8 Å². The maximum atomic E-state index is 13.2. The molecule has 1 unspecified atom stereocenters. The van der Waals surface area contributed by atoms with Gasteiger partial charge in [0, 0.05) is 28.4 Å². The van der Waals surface area contributed by atoms with Crippen molar-refractivity contribution in [2.75, 3.05) is 16.0 Å². The van der Waals surface area contributed by atoms with Gasteiger partial charge in [0.15, 0.2) is 10.1 Å². The summed E-state index contributed by atoms with van der Waals surface area (Å²) in [4.78, 5) is 27.4. The predicted octanol–water partition coefficient (Wildman–Crippen LogP) is 5.54. The Morgan fingerprint density at radius 1 is 1.26 bits per heavy atom. The molecule has 1 aromatic heterocycles. The molecule has 1 atom stereocenters. The molecule has 38 heavy (non-hydrogen) atoms. The average Bonchev–Trinajstić information content (AvgIpc) is 3.35. The summed E-state index contributed by atoms with van der Waals surface area (Å²) in [7, 11) is 0. The first kappa shape index (κ1) is 26.0. The largest absolute Gasteiger partial charge is 0.384 e. The van der Waals surface area contributed by atoms with Crippen molar-refractivity contribution in [3.63, 3.8) is 0 Å². The van der Waals surface area contributed by atoms with Crippen LogP contribution < -0.4 is 16.0 Å². The Morgan fingerprint density at radius 3 is 2.84 bits per heavy atom. The number of nitrogens with one attached hydrogen (secondary N) is 1. The number of amides is 1. The summed E-state index contributed by atoms with van der Waals surface area (Å²) >= 11 is 8.48. The Balaban J connectivity index is 1.42. The number of nitriles is 1. The molecule has 1 amide bonds. The number of rotatable bonds is 6. The van der Waals surface area contributed by atoms with Gasteiger partial charge in [-0.1, -0.05) is 70.6 Å². The van der Waals surface area contributed by atoms with Crippen LogP contribution in [0.3, 0.4) is 0 Å². The highest BCUT2D eigenvalue weighted by atomic mass is 35.5. The van der Waals surface area contributed by atoms with Crippen LogP contribution in [-0.4, -0.2) is 27.6 Å². The van der Waals surface area contributed by atoms with E-state index in [0.29, 0.717) is 50.6 Å². The number of halogens is 1. The maximum Gasteiger partial charge on any atom is 0.234 e. The number of carbonyl (C=O) groups is 2. The standard InChI is InChI=1S/C27H23ClN6O2S2/c1-15-5-2-6-16(11-15)23-19(13-29)25(30)34(20-9-4-10-21(35)24(20)23)26-32-33-27(38-26)37-14-22(36)31-18-8-3-7-17(28)12-18/h2-3,5-8,11-12,23H,4,9-10,14,30H2,1H3,(H,31,36). The van der Waals surface area contributed by atoms with E-state index < -0.39 is 5.92 Å². The second-order valence-corrected chi connectivity index (χ2v) is 11.5. The van der Waals surface area contributed by atoms with E-state index in [1.165, 1.54) is 23.1 Å². The van der Waals surface area contributed by atoms with Gasteiger partial charge in [-0.05, 0) is 43.5 Å². The first-order valence-corrected chi connectivity index (χ1v) is 14.1. The summed E-state index contributed by atoms with van der Waals surface area (Å²) in [5.41, 5.74) is 10.8. The first-order valence-electron chi connectivity index (χ1n) is 11.9. The van der Waals surface area contributed by atoms with Gasteiger partial charge >= 0.3 is 0 Å². The van der Waals surface area contributed by atoms with Crippen molar-refractivity contribution in [2.45, 2.75) is 36.4 Å². The maximum absolute atomic E-state index is 13.2. The number of aromatic nitrogens is 2. The smallest absolute Gasteiger partial charge is 0.234 e. The quantitative estimate of drug-likeness (QED) is 0.375. The zero-order valence-corrected chi connectivity index (χ0v) is 22.8. The lowest BCUT2D eigenvalue weighted by atomic mass is 9.75. The number of benzene rings is 2. The number of nitrogens with zero attached hydrogens (tertiary/aromatic N) is 4. The second kappa shape index (κ2) is 11.0. The molecular weight excluding hydrogens is 540 g/mol. The van der Waals surface area contributed by atoms with Crippen LogP contribution >= 0.6 is 34.7 Å². The number of ketones is 1. The molecule has 0 saturated carbocycles. The minimum absolute atomic E-state index is 0.0137. The van der Waals surface area contributed by atoms with Gasteiger partial charge in [0.1, 0.15) is 5.82 Å². The third kappa shape index (κ3) is 5.18. The van der Waals surface area contributed by atoms with Crippen LogP contribution in [0.25, 0.3) is 0 Å². The minimum atomic E-state index is -0.518. The Bertz CT molecular complexity index is 1540. The summed E-state index contributed by atoms with van der Waals surface area (Å²) < 4.78 is 0.567. The van der Waals surface area contributed by atoms with Crippen LogP contribution in [0.4, 0.5) is 10.8 Å². The molecular formula is C27H23ClN6O2S2. The van der Waals surface area contributed by atoms with E-state index >= 15 is 0 Å². The fourth-order valence-electron chi connectivity index (χ4n) is 4.73. The zero-order chi connectivity index (χ0) is 26.8. The van der Waals surface area contributed by atoms with Crippen LogP contribution in [0.1, 0.15) is 36.3 Å². The predicted molar refractivity (Wildman–Crippen MR) is 150 cm³/mol. The van der Waals surface area contributed by atoms with E-state index in [9.17, 15) is 14.9 Å². The van der Waals surface area contributed by atoms with Crippen LogP contribution in [-0.2, 0) is 9.59 Å². The molecule has 2 heterocycles. The Labute approximate surface area is 233 Å². The van der Waals surface area contributed by atoms with Crippen molar-refractivity contribution in [1.29, 1.82) is 5.26 Å². The van der Waals surface area contributed by atoms with Crippen molar-refractivity contribution >= 4 is 57.2 Å². The molecule has 0 radical (unpaired) electrons. The number of aryl methyl sites for hydroxylation is 1. The van der Waals surface area contributed by atoms with Gasteiger partial charge in [0.25, 0.3) is 0 Å². The van der Waals surface area contributed by atoms with Crippen molar-refractivity contribution in [3.05, 3.63) is 87.3 Å². The van der Waals surface area contributed by atoms with Gasteiger partial charge < -0.3 is 11.1 Å². The molecule has 0 fully saturated rings. The molecule has 8 nitrogen and oxygen atoms in total. The van der Waals surface area contributed by atoms with Crippen LogP contribution in [0.15, 0.2) is 75.5 Å². The molecule has 5 rings (SSSR count). The average molecular weight is 563 g/mol. The number of hydrogen-bond acceptors (Lipinski definition) is 9. The fourth-order valence-corrected chi connectivity index (χ4v) is 6.60. The summed E-state index contributed by atoms with van der Waals surface area (Å²) in [5.74, 6) is -0.339. The fraction of sp³-hybridized carbons (Fsp3) is 0.222. The monoisotopic (exact) mass is 562 g/mol. The Kier molecular flexibility index (Phi) is 7.51. The van der Waals surface area contributed by atoms with E-state index in [1.54, 1.807) is 29.2 Å². The SMILES string of the molecule is Cc1cccc(C2C(C#N)=C(N)N(c3nnc(SCC(=O)Nc4cccc(Cl)c4)s3)C3=C2C(=O)CCC3)c1. The van der Waals surface area contributed by atoms with Crippen molar-refractivity contribution < 1.29 is 9.59 Å². The molecule has 2 aromatic carbocycles. The Morgan fingerprint density at radius 2 is 2.08 bits per heavy atom. The third-order valence-corrected chi connectivity index (χ3v) is 8.59. The topological polar surface area (TPSA) is 125 Å². The number of Topliss-reactive ketones (excluding diaryl/α,β-unsaturated/α-hetero) is 1. The van der Waals surface area contributed by atoms with E-state index in [1.807, 2.05) is 31.2 Å². The molecule has 1 aliphatic heterocycles. The normalized spacial score (nSPS) is 17.3. The Hall–Kier alpha value is -3.65. The molecule has 0 bridgehead atoms. The lowest BCUT2D eigenvalue weighted by Gasteiger charge is -2.38. The molecule has 11 heteroatoms. The van der Waals surface area contributed by atoms with E-state index in [-0.39, 0.29) is 23.3 Å². The molecule has 1 aliphatic carbocycles. The van der Waals surface area contributed by atoms with Crippen molar-refractivity contribution in [3.8, 4) is 6.07 Å². The van der Waals surface area contributed by atoms with Gasteiger partial charge in [0.05, 0.1) is 23.3 Å². The molecule has 192 valence electrons. The molecule has 3 aromatic rings. The van der Waals surface area contributed by atoms with E-state index in [4.69, 9.17) is 17.3 Å².